The molecule has 1 saturated carbocycles. The van der Waals surface area contributed by atoms with Crippen LogP contribution in [0.1, 0.15) is 12.8 Å². The molecule has 45 heavy (non-hydrogen) atoms. The quantitative estimate of drug-likeness (QED) is 0.205. The highest BCUT2D eigenvalue weighted by Gasteiger charge is 2.56. The highest BCUT2D eigenvalue weighted by molar-refractivity contribution is 9.10. The molecule has 2 aliphatic rings. The van der Waals surface area contributed by atoms with Crippen LogP contribution in [0.3, 0.4) is 0 Å². The average Bonchev–Trinajstić information content (AvgIpc) is 3.85. The normalized spacial score (nSPS) is 15.8. The largest absolute Gasteiger partial charge is 0.475 e. The van der Waals surface area contributed by atoms with Gasteiger partial charge in [0.2, 0.25) is 17.7 Å². The highest BCUT2D eigenvalue weighted by Crippen LogP contribution is 2.47. The number of hydrogen-bond donors (Lipinski definition) is 2. The zero-order valence-corrected chi connectivity index (χ0v) is 25.3. The second-order valence-electron chi connectivity index (χ2n) is 10.6. The molecule has 0 atom stereocenters. The third kappa shape index (κ3) is 6.72. The van der Waals surface area contributed by atoms with Crippen molar-refractivity contribution >= 4 is 50.0 Å². The molecule has 0 unspecified atom stereocenters. The SMILES string of the molecule is O=C(Nc1ccc(F)c(F)c1)C1(C(=O)Nc2ccc(Oc3ccnc4c(Br)c(OCCN5CCOCC5)ncc34)c(F)c2)CC1. The molecular formula is C31H27BrF3N5O5. The summed E-state index contributed by atoms with van der Waals surface area (Å²) >= 11 is 3.52. The van der Waals surface area contributed by atoms with Crippen molar-refractivity contribution in [3.63, 3.8) is 0 Å². The molecular weight excluding hydrogens is 659 g/mol. The van der Waals surface area contributed by atoms with E-state index in [2.05, 4.69) is 41.4 Å². The Morgan fingerprint density at radius 3 is 2.27 bits per heavy atom. The van der Waals surface area contributed by atoms with Crippen LogP contribution in [0.25, 0.3) is 10.9 Å². The predicted molar refractivity (Wildman–Crippen MR) is 162 cm³/mol. The third-order valence-corrected chi connectivity index (χ3v) is 8.33. The molecule has 1 aliphatic carbocycles. The Bertz CT molecular complexity index is 1770. The standard InChI is InChI=1S/C31H27BrF3N5O5/c32-26-27-20(17-37-28(26)44-14-11-40-9-12-43-13-10-40)24(5-8-36-27)45-25-4-2-19(16-23(25)35)39-30(42)31(6-7-31)29(41)38-18-1-3-21(33)22(34)15-18/h1-5,8,15-17H,6-7,9-14H2,(H,38,41)(H,39,42). The molecule has 2 aromatic carbocycles. The number of morpholine rings is 1. The van der Waals surface area contributed by atoms with E-state index in [4.69, 9.17) is 14.2 Å². The molecule has 10 nitrogen and oxygen atoms in total. The minimum atomic E-state index is -1.40. The van der Waals surface area contributed by atoms with E-state index in [1.807, 2.05) is 0 Å². The molecule has 2 N–H and O–H groups in total. The van der Waals surface area contributed by atoms with Crippen molar-refractivity contribution in [3.8, 4) is 17.4 Å². The average molecular weight is 686 g/mol. The van der Waals surface area contributed by atoms with Gasteiger partial charge in [-0.3, -0.25) is 19.5 Å². The fourth-order valence-corrected chi connectivity index (χ4v) is 5.39. The Kier molecular flexibility index (Phi) is 8.88. The lowest BCUT2D eigenvalue weighted by Gasteiger charge is -2.26. The Labute approximate surface area is 264 Å². The van der Waals surface area contributed by atoms with Crippen molar-refractivity contribution in [1.82, 2.24) is 14.9 Å². The van der Waals surface area contributed by atoms with E-state index in [0.717, 1.165) is 37.8 Å². The lowest BCUT2D eigenvalue weighted by atomic mass is 10.0. The van der Waals surface area contributed by atoms with Crippen molar-refractivity contribution in [2.75, 3.05) is 50.1 Å². The fourth-order valence-electron chi connectivity index (χ4n) is 4.86. The Morgan fingerprint density at radius 2 is 1.60 bits per heavy atom. The van der Waals surface area contributed by atoms with Gasteiger partial charge in [0, 0.05) is 55.5 Å². The van der Waals surface area contributed by atoms with E-state index < -0.39 is 34.7 Å². The zero-order valence-electron chi connectivity index (χ0n) is 23.7. The molecule has 0 spiro atoms. The summed E-state index contributed by atoms with van der Waals surface area (Å²) in [5.74, 6) is -3.69. The molecule has 2 amide bonds. The van der Waals surface area contributed by atoms with Gasteiger partial charge >= 0.3 is 0 Å². The Balaban J connectivity index is 1.10. The van der Waals surface area contributed by atoms with E-state index in [-0.39, 0.29) is 30.0 Å². The molecule has 234 valence electrons. The number of aromatic nitrogens is 2. The number of carbonyl (C=O) groups is 2. The van der Waals surface area contributed by atoms with E-state index >= 15 is 4.39 Å². The smallest absolute Gasteiger partial charge is 0.240 e. The van der Waals surface area contributed by atoms with E-state index in [0.29, 0.717) is 46.8 Å². The lowest BCUT2D eigenvalue weighted by molar-refractivity contribution is -0.131. The molecule has 1 saturated heterocycles. The Hall–Kier alpha value is -4.27. The summed E-state index contributed by atoms with van der Waals surface area (Å²) in [6.07, 6.45) is 3.56. The summed E-state index contributed by atoms with van der Waals surface area (Å²) in [5, 5.41) is 5.53. The van der Waals surface area contributed by atoms with Crippen LogP contribution in [0.4, 0.5) is 24.5 Å². The molecule has 1 aliphatic heterocycles. The van der Waals surface area contributed by atoms with Gasteiger partial charge in [-0.1, -0.05) is 0 Å². The highest BCUT2D eigenvalue weighted by atomic mass is 79.9. The fraction of sp³-hybridized carbons (Fsp3) is 0.290. The van der Waals surface area contributed by atoms with Crippen molar-refractivity contribution in [2.24, 2.45) is 5.41 Å². The van der Waals surface area contributed by atoms with Gasteiger partial charge in [0.25, 0.3) is 0 Å². The molecule has 4 aromatic rings. The number of rotatable bonds is 10. The summed E-state index contributed by atoms with van der Waals surface area (Å²) in [6.45, 7) is 4.26. The zero-order chi connectivity index (χ0) is 31.6. The number of amides is 2. The number of nitrogens with one attached hydrogen (secondary N) is 2. The van der Waals surface area contributed by atoms with Crippen molar-refractivity contribution in [3.05, 3.63) is 76.8 Å². The minimum Gasteiger partial charge on any atom is -0.475 e. The van der Waals surface area contributed by atoms with Crippen LogP contribution in [0.2, 0.25) is 0 Å². The van der Waals surface area contributed by atoms with Crippen LogP contribution in [-0.4, -0.2) is 66.1 Å². The predicted octanol–water partition coefficient (Wildman–Crippen LogP) is 5.67. The summed E-state index contributed by atoms with van der Waals surface area (Å²) in [5.41, 5.74) is -0.758. The van der Waals surface area contributed by atoms with Gasteiger partial charge in [-0.2, -0.15) is 0 Å². The van der Waals surface area contributed by atoms with Crippen molar-refractivity contribution < 1.29 is 37.0 Å². The van der Waals surface area contributed by atoms with Gasteiger partial charge in [-0.05, 0) is 59.1 Å². The van der Waals surface area contributed by atoms with Gasteiger partial charge in [-0.15, -0.1) is 0 Å². The minimum absolute atomic E-state index is 0.0175. The molecule has 0 bridgehead atoms. The first-order valence-corrected chi connectivity index (χ1v) is 14.9. The molecule has 2 aromatic heterocycles. The number of benzene rings is 2. The maximum absolute atomic E-state index is 15.2. The molecule has 2 fully saturated rings. The topological polar surface area (TPSA) is 115 Å². The number of ether oxygens (including phenoxy) is 3. The van der Waals surface area contributed by atoms with Crippen molar-refractivity contribution in [2.45, 2.75) is 12.8 Å². The summed E-state index contributed by atoms with van der Waals surface area (Å²) in [4.78, 5) is 36.8. The van der Waals surface area contributed by atoms with E-state index in [1.165, 1.54) is 24.4 Å². The molecule has 6 rings (SSSR count). The maximum Gasteiger partial charge on any atom is 0.240 e. The lowest BCUT2D eigenvalue weighted by Crippen LogP contribution is -2.38. The number of carbonyl (C=O) groups excluding carboxylic acids is 2. The number of fused-ring (bicyclic) bond motifs is 1. The molecule has 0 radical (unpaired) electrons. The van der Waals surface area contributed by atoms with Gasteiger partial charge in [0.1, 0.15) is 22.2 Å². The van der Waals surface area contributed by atoms with Crippen LogP contribution >= 0.6 is 15.9 Å². The van der Waals surface area contributed by atoms with E-state index in [9.17, 15) is 18.4 Å². The number of pyridine rings is 2. The monoisotopic (exact) mass is 685 g/mol. The molecule has 14 heteroatoms. The van der Waals surface area contributed by atoms with Gasteiger partial charge in [0.15, 0.2) is 23.2 Å². The number of halogens is 4. The first-order chi connectivity index (χ1) is 21.7. The van der Waals surface area contributed by atoms with Crippen molar-refractivity contribution in [1.29, 1.82) is 0 Å². The van der Waals surface area contributed by atoms with E-state index in [1.54, 1.807) is 12.3 Å². The summed E-state index contributed by atoms with van der Waals surface area (Å²) in [6, 6.07) is 8.35. The van der Waals surface area contributed by atoms with Crippen LogP contribution < -0.4 is 20.1 Å². The summed E-state index contributed by atoms with van der Waals surface area (Å²) < 4.78 is 59.6. The Morgan fingerprint density at radius 1 is 0.911 bits per heavy atom. The van der Waals surface area contributed by atoms with Crippen LogP contribution in [0, 0.1) is 22.9 Å². The molecule has 3 heterocycles. The first-order valence-electron chi connectivity index (χ1n) is 14.1. The third-order valence-electron chi connectivity index (χ3n) is 7.61. The van der Waals surface area contributed by atoms with Gasteiger partial charge < -0.3 is 24.8 Å². The number of anilines is 2. The van der Waals surface area contributed by atoms with Crippen LogP contribution in [-0.2, 0) is 14.3 Å². The maximum atomic E-state index is 15.2. The van der Waals surface area contributed by atoms with Gasteiger partial charge in [0.05, 0.1) is 24.1 Å². The van der Waals surface area contributed by atoms with Crippen LogP contribution in [0.15, 0.2) is 59.3 Å². The first kappa shape index (κ1) is 30.7. The van der Waals surface area contributed by atoms with Gasteiger partial charge in [-0.25, -0.2) is 18.2 Å². The van der Waals surface area contributed by atoms with Crippen LogP contribution in [0.5, 0.6) is 17.4 Å². The number of nitrogens with zero attached hydrogens (tertiary/aromatic N) is 3. The summed E-state index contributed by atoms with van der Waals surface area (Å²) in [7, 11) is 0. The number of hydrogen-bond acceptors (Lipinski definition) is 8. The second-order valence-corrected chi connectivity index (χ2v) is 11.4. The second kappa shape index (κ2) is 13.0.